The Morgan fingerprint density at radius 2 is 2.31 bits per heavy atom. The third kappa shape index (κ3) is 3.08. The molecule has 0 atom stereocenters. The van der Waals surface area contributed by atoms with Gasteiger partial charge in [-0.05, 0) is 32.3 Å². The largest absolute Gasteiger partial charge is 0.462 e. The Hall–Kier alpha value is -2.38. The number of amides is 1. The number of anilines is 1. The van der Waals surface area contributed by atoms with Crippen molar-refractivity contribution in [3.8, 4) is 0 Å². The molecule has 1 aromatic rings. The van der Waals surface area contributed by atoms with Crippen molar-refractivity contribution in [3.05, 3.63) is 58.3 Å². The van der Waals surface area contributed by atoms with Crippen LogP contribution < -0.4 is 10.2 Å². The molecule has 1 amide bonds. The van der Waals surface area contributed by atoms with Crippen LogP contribution in [0.4, 0.5) is 5.13 Å². The molecule has 6 nitrogen and oxygen atoms in total. The minimum Gasteiger partial charge on any atom is -0.462 e. The van der Waals surface area contributed by atoms with Gasteiger partial charge in [0.15, 0.2) is 5.13 Å². The number of fused-ring (bicyclic) bond motifs is 1. The number of rotatable bonds is 3. The monoisotopic (exact) mass is 371 g/mol. The van der Waals surface area contributed by atoms with E-state index in [9.17, 15) is 9.90 Å². The summed E-state index contributed by atoms with van der Waals surface area (Å²) in [7, 11) is 0. The molecule has 3 aliphatic rings. The van der Waals surface area contributed by atoms with E-state index in [4.69, 9.17) is 9.72 Å². The highest BCUT2D eigenvalue weighted by molar-refractivity contribution is 7.17. The Balaban J connectivity index is 1.67. The minimum atomic E-state index is -0.285. The molecule has 3 heterocycles. The molecular formula is C19H21N3O3S. The Morgan fingerprint density at radius 1 is 1.46 bits per heavy atom. The van der Waals surface area contributed by atoms with E-state index in [-0.39, 0.29) is 18.1 Å². The summed E-state index contributed by atoms with van der Waals surface area (Å²) in [5.41, 5.74) is 2.43. The third-order valence-electron chi connectivity index (χ3n) is 4.58. The van der Waals surface area contributed by atoms with Crippen LogP contribution in [0.15, 0.2) is 47.7 Å². The van der Waals surface area contributed by atoms with E-state index in [0.717, 1.165) is 34.8 Å². The van der Waals surface area contributed by atoms with Crippen LogP contribution in [0.2, 0.25) is 0 Å². The molecule has 0 bridgehead atoms. The third-order valence-corrected chi connectivity index (χ3v) is 5.69. The molecule has 0 aromatic carbocycles. The maximum atomic E-state index is 12.3. The van der Waals surface area contributed by atoms with Crippen LogP contribution in [0.3, 0.4) is 0 Å². The summed E-state index contributed by atoms with van der Waals surface area (Å²) in [4.78, 5) is 19.6. The molecule has 4 rings (SSSR count). The Bertz CT molecular complexity index is 877. The second kappa shape index (κ2) is 6.41. The lowest BCUT2D eigenvalue weighted by Crippen LogP contribution is -2.48. The van der Waals surface area contributed by atoms with Crippen LogP contribution in [0.5, 0.6) is 0 Å². The first kappa shape index (κ1) is 17.1. The molecule has 26 heavy (non-hydrogen) atoms. The second-order valence-electron chi connectivity index (χ2n) is 7.19. The first-order valence-corrected chi connectivity index (χ1v) is 9.44. The van der Waals surface area contributed by atoms with Crippen molar-refractivity contribution >= 4 is 22.4 Å². The number of carbonyl (C=O) groups excluding carboxylic acids is 1. The van der Waals surface area contributed by atoms with Crippen molar-refractivity contribution in [1.82, 2.24) is 10.3 Å². The van der Waals surface area contributed by atoms with Crippen LogP contribution in [0.25, 0.3) is 0 Å². The van der Waals surface area contributed by atoms with Crippen molar-refractivity contribution in [2.45, 2.75) is 38.6 Å². The molecule has 2 aliphatic heterocycles. The number of hydrogen-bond acceptors (Lipinski definition) is 6. The number of allylic oxidation sites excluding steroid dienone is 2. The highest BCUT2D eigenvalue weighted by Gasteiger charge is 2.34. The highest BCUT2D eigenvalue weighted by Crippen LogP contribution is 2.35. The van der Waals surface area contributed by atoms with Gasteiger partial charge < -0.3 is 15.2 Å². The molecule has 0 radical (unpaired) electrons. The summed E-state index contributed by atoms with van der Waals surface area (Å²) in [6.07, 6.45) is 11.7. The van der Waals surface area contributed by atoms with Gasteiger partial charge in [0.05, 0.1) is 18.5 Å². The summed E-state index contributed by atoms with van der Waals surface area (Å²) in [6.45, 7) is 3.98. The van der Waals surface area contributed by atoms with Gasteiger partial charge in [0.1, 0.15) is 16.9 Å². The van der Waals surface area contributed by atoms with E-state index < -0.39 is 0 Å². The van der Waals surface area contributed by atoms with E-state index in [1.165, 1.54) is 11.3 Å². The smallest absolute Gasteiger partial charge is 0.263 e. The number of carbonyl (C=O) groups is 1. The number of aliphatic hydroxyl groups is 1. The van der Waals surface area contributed by atoms with E-state index in [2.05, 4.69) is 11.4 Å². The molecule has 0 saturated heterocycles. The molecular weight excluding hydrogens is 350 g/mol. The zero-order valence-electron chi connectivity index (χ0n) is 14.8. The normalized spacial score (nSPS) is 21.3. The number of ether oxygens (including phenoxy) is 1. The summed E-state index contributed by atoms with van der Waals surface area (Å²) in [5.74, 6) is 0.642. The fourth-order valence-corrected chi connectivity index (χ4v) is 4.29. The van der Waals surface area contributed by atoms with Crippen molar-refractivity contribution < 1.29 is 14.6 Å². The second-order valence-corrected chi connectivity index (χ2v) is 8.17. The lowest BCUT2D eigenvalue weighted by Gasteiger charge is -2.29. The highest BCUT2D eigenvalue weighted by atomic mass is 32.1. The number of nitrogens with zero attached hydrogens (tertiary/aromatic N) is 2. The number of aromatic nitrogens is 1. The van der Waals surface area contributed by atoms with Crippen LogP contribution >= 0.6 is 11.3 Å². The van der Waals surface area contributed by atoms with Gasteiger partial charge in [-0.3, -0.25) is 9.69 Å². The summed E-state index contributed by atoms with van der Waals surface area (Å²) in [6, 6.07) is 0. The molecule has 1 aromatic heterocycles. The Kier molecular flexibility index (Phi) is 4.20. The molecule has 136 valence electrons. The maximum absolute atomic E-state index is 12.3. The average molecular weight is 371 g/mol. The summed E-state index contributed by atoms with van der Waals surface area (Å²) < 4.78 is 5.69. The number of hydrogen-bond donors (Lipinski definition) is 2. The molecule has 0 fully saturated rings. The minimum absolute atomic E-state index is 0.0168. The van der Waals surface area contributed by atoms with Gasteiger partial charge in [-0.2, -0.15) is 0 Å². The molecule has 7 heteroatoms. The molecule has 0 unspecified atom stereocenters. The van der Waals surface area contributed by atoms with E-state index >= 15 is 0 Å². The van der Waals surface area contributed by atoms with Gasteiger partial charge in [-0.15, -0.1) is 0 Å². The summed E-state index contributed by atoms with van der Waals surface area (Å²) in [5, 5.41) is 13.3. The van der Waals surface area contributed by atoms with Gasteiger partial charge in [0.25, 0.3) is 5.91 Å². The maximum Gasteiger partial charge on any atom is 0.263 e. The fraction of sp³-hybridized carbons (Fsp3) is 0.368. The molecule has 2 N–H and O–H groups in total. The first-order valence-electron chi connectivity index (χ1n) is 8.62. The zero-order valence-corrected chi connectivity index (χ0v) is 15.6. The number of nitrogens with one attached hydrogen (secondary N) is 1. The van der Waals surface area contributed by atoms with E-state index in [1.54, 1.807) is 12.5 Å². The fourth-order valence-electron chi connectivity index (χ4n) is 3.35. The lowest BCUT2D eigenvalue weighted by atomic mass is 9.94. The summed E-state index contributed by atoms with van der Waals surface area (Å²) >= 11 is 1.38. The van der Waals surface area contributed by atoms with Crippen molar-refractivity contribution in [2.24, 2.45) is 0 Å². The topological polar surface area (TPSA) is 74.7 Å². The molecule has 0 saturated carbocycles. The predicted octanol–water partition coefficient (Wildman–Crippen LogP) is 3.00. The van der Waals surface area contributed by atoms with Crippen molar-refractivity contribution in [1.29, 1.82) is 0 Å². The molecule has 0 spiro atoms. The zero-order chi connectivity index (χ0) is 18.3. The molecule has 1 aliphatic carbocycles. The SMILES string of the molecule is CC1(C)Cc2nc(N3C=COC(C4=C(CO)C=CCC4)=C3)sc2C(=O)N1. The number of thiazole rings is 1. The van der Waals surface area contributed by atoms with Crippen LogP contribution in [0, 0.1) is 0 Å². The number of aliphatic hydroxyl groups excluding tert-OH is 1. The lowest BCUT2D eigenvalue weighted by molar-refractivity contribution is 0.0901. The van der Waals surface area contributed by atoms with Gasteiger partial charge in [0, 0.05) is 23.7 Å². The Labute approximate surface area is 156 Å². The first-order chi connectivity index (χ1) is 12.5. The van der Waals surface area contributed by atoms with Crippen molar-refractivity contribution in [2.75, 3.05) is 11.5 Å². The van der Waals surface area contributed by atoms with E-state index in [1.807, 2.05) is 31.0 Å². The average Bonchev–Trinajstić information content (AvgIpc) is 3.05. The van der Waals surface area contributed by atoms with Crippen LogP contribution in [-0.2, 0) is 11.2 Å². The quantitative estimate of drug-likeness (QED) is 0.854. The Morgan fingerprint density at radius 3 is 3.12 bits per heavy atom. The predicted molar refractivity (Wildman–Crippen MR) is 101 cm³/mol. The van der Waals surface area contributed by atoms with Crippen molar-refractivity contribution in [3.63, 3.8) is 0 Å². The standard InChI is InChI=1S/C19H21N3O3S/c1-19(2)9-14-16(17(24)21-19)26-18(20-14)22-7-8-25-15(10-22)13-6-4-3-5-12(13)11-23/h3,5,7-8,10,23H,4,6,9,11H2,1-2H3,(H,21,24). The van der Waals surface area contributed by atoms with Gasteiger partial charge in [0.2, 0.25) is 0 Å². The van der Waals surface area contributed by atoms with Crippen LogP contribution in [-0.4, -0.2) is 28.1 Å². The van der Waals surface area contributed by atoms with Gasteiger partial charge in [-0.25, -0.2) is 4.98 Å². The van der Waals surface area contributed by atoms with Crippen LogP contribution in [0.1, 0.15) is 42.1 Å². The van der Waals surface area contributed by atoms with Gasteiger partial charge >= 0.3 is 0 Å². The van der Waals surface area contributed by atoms with E-state index in [0.29, 0.717) is 17.1 Å². The van der Waals surface area contributed by atoms with Gasteiger partial charge in [-0.1, -0.05) is 23.5 Å².